The molecule has 0 aromatic rings. The molecule has 1 unspecified atom stereocenters. The molecular weight excluding hydrogens is 160 g/mol. The predicted molar refractivity (Wildman–Crippen MR) is 43.1 cm³/mol. The van der Waals surface area contributed by atoms with Gasteiger partial charge in [0.2, 0.25) is 6.29 Å². The van der Waals surface area contributed by atoms with E-state index in [4.69, 9.17) is 9.47 Å². The normalized spacial score (nSPS) is 11.6. The Labute approximate surface area is 72.1 Å². The average Bonchev–Trinajstić information content (AvgIpc) is 1.84. The zero-order valence-corrected chi connectivity index (χ0v) is 7.62. The zero-order chi connectivity index (χ0) is 9.56. The Hall–Kier alpha value is -1.19. The molecule has 70 valence electrons. The second-order valence-electron chi connectivity index (χ2n) is 2.10. The number of ether oxygens (including phenoxy) is 3. The highest BCUT2D eigenvalue weighted by Crippen LogP contribution is 2.02. The lowest BCUT2D eigenvalue weighted by Crippen LogP contribution is -2.16. The third-order valence-electron chi connectivity index (χ3n) is 0.935. The predicted octanol–water partition coefficient (Wildman–Crippen LogP) is 1.42. The summed E-state index contributed by atoms with van der Waals surface area (Å²) in [5, 5.41) is 0. The first-order chi connectivity index (χ1) is 5.56. The first-order valence-corrected chi connectivity index (χ1v) is 3.71. The maximum Gasteiger partial charge on any atom is 0.305 e. The Morgan fingerprint density at radius 3 is 2.50 bits per heavy atom. The van der Waals surface area contributed by atoms with Crippen molar-refractivity contribution in [1.29, 1.82) is 0 Å². The standard InChI is InChI=1S/C8H14O4/c1-5-10-7(3)12-8(4)11-6(2)9/h8H,3,5H2,1-2,4H3. The van der Waals surface area contributed by atoms with Crippen LogP contribution >= 0.6 is 0 Å². The van der Waals surface area contributed by atoms with Gasteiger partial charge in [0.25, 0.3) is 5.95 Å². The van der Waals surface area contributed by atoms with E-state index in [-0.39, 0.29) is 5.95 Å². The number of rotatable bonds is 5. The molecule has 1 atom stereocenters. The molecule has 0 aromatic carbocycles. The molecular formula is C8H14O4. The minimum Gasteiger partial charge on any atom is -0.466 e. The van der Waals surface area contributed by atoms with Gasteiger partial charge in [-0.25, -0.2) is 0 Å². The summed E-state index contributed by atoms with van der Waals surface area (Å²) in [5.41, 5.74) is 0. The maximum atomic E-state index is 10.4. The van der Waals surface area contributed by atoms with Gasteiger partial charge in [-0.1, -0.05) is 0 Å². The van der Waals surface area contributed by atoms with Crippen molar-refractivity contribution in [2.45, 2.75) is 27.1 Å². The van der Waals surface area contributed by atoms with Crippen molar-refractivity contribution in [1.82, 2.24) is 0 Å². The molecule has 0 amide bonds. The fraction of sp³-hybridized carbons (Fsp3) is 0.625. The van der Waals surface area contributed by atoms with Crippen molar-refractivity contribution in [2.75, 3.05) is 6.61 Å². The lowest BCUT2D eigenvalue weighted by Gasteiger charge is -2.15. The van der Waals surface area contributed by atoms with Gasteiger partial charge in [0.05, 0.1) is 6.61 Å². The van der Waals surface area contributed by atoms with Crippen LogP contribution in [0, 0.1) is 0 Å². The molecule has 4 nitrogen and oxygen atoms in total. The van der Waals surface area contributed by atoms with Gasteiger partial charge in [-0.05, 0) is 13.5 Å². The van der Waals surface area contributed by atoms with Crippen LogP contribution in [0.25, 0.3) is 0 Å². The van der Waals surface area contributed by atoms with Crippen LogP contribution in [0.3, 0.4) is 0 Å². The van der Waals surface area contributed by atoms with E-state index in [0.29, 0.717) is 6.61 Å². The van der Waals surface area contributed by atoms with Crippen LogP contribution in [0.2, 0.25) is 0 Å². The monoisotopic (exact) mass is 174 g/mol. The van der Waals surface area contributed by atoms with Crippen LogP contribution in [-0.4, -0.2) is 18.9 Å². The van der Waals surface area contributed by atoms with Crippen LogP contribution < -0.4 is 0 Å². The third-order valence-corrected chi connectivity index (χ3v) is 0.935. The Bertz CT molecular complexity index is 164. The number of carbonyl (C=O) groups excluding carboxylic acids is 1. The molecule has 0 saturated heterocycles. The Morgan fingerprint density at radius 1 is 1.50 bits per heavy atom. The Balaban J connectivity index is 3.61. The van der Waals surface area contributed by atoms with E-state index in [1.54, 1.807) is 6.92 Å². The van der Waals surface area contributed by atoms with E-state index in [9.17, 15) is 4.79 Å². The minimum absolute atomic E-state index is 0.159. The molecule has 0 aromatic heterocycles. The molecule has 12 heavy (non-hydrogen) atoms. The van der Waals surface area contributed by atoms with Gasteiger partial charge in [0, 0.05) is 13.8 Å². The quantitative estimate of drug-likeness (QED) is 0.359. The number of hydrogen-bond donors (Lipinski definition) is 0. The SMILES string of the molecule is C=C(OCC)OC(C)OC(C)=O. The van der Waals surface area contributed by atoms with Crippen LogP contribution in [0.4, 0.5) is 0 Å². The summed E-state index contributed by atoms with van der Waals surface area (Å²) in [6.07, 6.45) is -0.651. The van der Waals surface area contributed by atoms with E-state index in [1.807, 2.05) is 6.92 Å². The summed E-state index contributed by atoms with van der Waals surface area (Å²) >= 11 is 0. The van der Waals surface area contributed by atoms with Gasteiger partial charge in [-0.3, -0.25) is 4.79 Å². The molecule has 0 fully saturated rings. The fourth-order valence-electron chi connectivity index (χ4n) is 0.638. The number of carbonyl (C=O) groups is 1. The van der Waals surface area contributed by atoms with Crippen molar-refractivity contribution < 1.29 is 19.0 Å². The van der Waals surface area contributed by atoms with Gasteiger partial charge < -0.3 is 14.2 Å². The molecule has 0 radical (unpaired) electrons. The largest absolute Gasteiger partial charge is 0.466 e. The molecule has 4 heteroatoms. The molecule has 0 rings (SSSR count). The summed E-state index contributed by atoms with van der Waals surface area (Å²) < 4.78 is 14.5. The van der Waals surface area contributed by atoms with Crippen molar-refractivity contribution in [3.8, 4) is 0 Å². The van der Waals surface area contributed by atoms with Crippen LogP contribution in [-0.2, 0) is 19.0 Å². The van der Waals surface area contributed by atoms with E-state index < -0.39 is 12.3 Å². The topological polar surface area (TPSA) is 44.8 Å². The second kappa shape index (κ2) is 5.46. The van der Waals surface area contributed by atoms with Gasteiger partial charge >= 0.3 is 5.97 Å². The average molecular weight is 174 g/mol. The number of esters is 1. The molecule has 0 bridgehead atoms. The molecule has 0 N–H and O–H groups in total. The zero-order valence-electron chi connectivity index (χ0n) is 7.62. The highest BCUT2D eigenvalue weighted by atomic mass is 16.8. The maximum absolute atomic E-state index is 10.4. The minimum atomic E-state index is -0.651. The van der Waals surface area contributed by atoms with Crippen molar-refractivity contribution in [2.24, 2.45) is 0 Å². The third kappa shape index (κ3) is 5.58. The van der Waals surface area contributed by atoms with Crippen LogP contribution in [0.1, 0.15) is 20.8 Å². The smallest absolute Gasteiger partial charge is 0.305 e. The molecule has 0 saturated carbocycles. The Morgan fingerprint density at radius 2 is 2.08 bits per heavy atom. The molecule has 0 spiro atoms. The lowest BCUT2D eigenvalue weighted by molar-refractivity contribution is -0.173. The summed E-state index contributed by atoms with van der Waals surface area (Å²) in [6, 6.07) is 0. The summed E-state index contributed by atoms with van der Waals surface area (Å²) in [6.45, 7) is 8.64. The van der Waals surface area contributed by atoms with Gasteiger partial charge in [0.1, 0.15) is 0 Å². The van der Waals surface area contributed by atoms with Crippen LogP contribution in [0.15, 0.2) is 12.5 Å². The van der Waals surface area contributed by atoms with Crippen molar-refractivity contribution >= 4 is 5.97 Å². The summed E-state index contributed by atoms with van der Waals surface area (Å²) in [4.78, 5) is 10.4. The molecule has 0 aliphatic rings. The van der Waals surface area contributed by atoms with E-state index in [0.717, 1.165) is 0 Å². The van der Waals surface area contributed by atoms with Gasteiger partial charge in [-0.2, -0.15) is 0 Å². The first kappa shape index (κ1) is 10.8. The number of hydrogen-bond acceptors (Lipinski definition) is 4. The van der Waals surface area contributed by atoms with E-state index >= 15 is 0 Å². The fourth-order valence-corrected chi connectivity index (χ4v) is 0.638. The lowest BCUT2D eigenvalue weighted by atomic mass is 10.7. The molecule has 0 aliphatic heterocycles. The van der Waals surface area contributed by atoms with Crippen molar-refractivity contribution in [3.05, 3.63) is 12.5 Å². The molecule has 0 aliphatic carbocycles. The highest BCUT2D eigenvalue weighted by Gasteiger charge is 2.07. The first-order valence-electron chi connectivity index (χ1n) is 3.71. The summed E-state index contributed by atoms with van der Waals surface area (Å²) in [7, 11) is 0. The van der Waals surface area contributed by atoms with E-state index in [2.05, 4.69) is 11.3 Å². The van der Waals surface area contributed by atoms with Crippen molar-refractivity contribution in [3.63, 3.8) is 0 Å². The highest BCUT2D eigenvalue weighted by molar-refractivity contribution is 5.65. The van der Waals surface area contributed by atoms with E-state index in [1.165, 1.54) is 6.92 Å². The van der Waals surface area contributed by atoms with Gasteiger partial charge in [0.15, 0.2) is 0 Å². The summed E-state index contributed by atoms with van der Waals surface area (Å²) in [5.74, 6) is -0.238. The van der Waals surface area contributed by atoms with Crippen LogP contribution in [0.5, 0.6) is 0 Å². The molecule has 0 heterocycles. The second-order valence-corrected chi connectivity index (χ2v) is 2.10. The van der Waals surface area contributed by atoms with Gasteiger partial charge in [-0.15, -0.1) is 0 Å². The Kier molecular flexibility index (Phi) is 4.92.